The van der Waals surface area contributed by atoms with Gasteiger partial charge in [0.05, 0.1) is 13.0 Å². The predicted molar refractivity (Wildman–Crippen MR) is 98.8 cm³/mol. The van der Waals surface area contributed by atoms with Gasteiger partial charge in [0, 0.05) is 12.0 Å². The van der Waals surface area contributed by atoms with Gasteiger partial charge in [0.15, 0.2) is 0 Å². The van der Waals surface area contributed by atoms with Gasteiger partial charge in [-0.2, -0.15) is 0 Å². The molecule has 0 saturated heterocycles. The molecule has 26 heavy (non-hydrogen) atoms. The van der Waals surface area contributed by atoms with E-state index in [4.69, 9.17) is 9.47 Å². The highest BCUT2D eigenvalue weighted by Crippen LogP contribution is 2.44. The van der Waals surface area contributed by atoms with Crippen LogP contribution in [-0.4, -0.2) is 31.8 Å². The lowest BCUT2D eigenvalue weighted by molar-refractivity contribution is -0.145. The molecule has 2 atom stereocenters. The van der Waals surface area contributed by atoms with Gasteiger partial charge in [-0.1, -0.05) is 48.5 Å². The molecule has 136 valence electrons. The van der Waals surface area contributed by atoms with Gasteiger partial charge in [-0.3, -0.25) is 4.79 Å². The van der Waals surface area contributed by atoms with E-state index >= 15 is 0 Å². The first-order valence-electron chi connectivity index (χ1n) is 8.72. The van der Waals surface area contributed by atoms with Crippen LogP contribution in [0.2, 0.25) is 0 Å². The normalized spacial score (nSPS) is 14.7. The molecule has 2 aromatic rings. The van der Waals surface area contributed by atoms with Crippen LogP contribution in [0, 0.1) is 5.92 Å². The Morgan fingerprint density at radius 1 is 1.00 bits per heavy atom. The number of amides is 1. The zero-order chi connectivity index (χ0) is 18.7. The van der Waals surface area contributed by atoms with E-state index in [9.17, 15) is 9.59 Å². The van der Waals surface area contributed by atoms with Crippen molar-refractivity contribution in [2.75, 3.05) is 13.7 Å². The molecule has 0 saturated carbocycles. The summed E-state index contributed by atoms with van der Waals surface area (Å²) < 4.78 is 10.2. The fraction of sp³-hybridized carbons (Fsp3) is 0.333. The Labute approximate surface area is 153 Å². The number of rotatable bonds is 5. The molecule has 0 aliphatic heterocycles. The molecule has 0 radical (unpaired) electrons. The van der Waals surface area contributed by atoms with Gasteiger partial charge in [-0.05, 0) is 36.1 Å². The molecule has 0 bridgehead atoms. The number of carbonyl (C=O) groups is 2. The maximum absolute atomic E-state index is 12.2. The first kappa shape index (κ1) is 18.0. The van der Waals surface area contributed by atoms with E-state index in [-0.39, 0.29) is 24.5 Å². The predicted octanol–water partition coefficient (Wildman–Crippen LogP) is 3.72. The Morgan fingerprint density at radius 2 is 1.54 bits per heavy atom. The van der Waals surface area contributed by atoms with Crippen LogP contribution >= 0.6 is 0 Å². The lowest BCUT2D eigenvalue weighted by atomic mass is 9.98. The molecule has 5 nitrogen and oxygen atoms in total. The highest BCUT2D eigenvalue weighted by molar-refractivity contribution is 5.79. The van der Waals surface area contributed by atoms with Crippen molar-refractivity contribution in [3.8, 4) is 11.1 Å². The average Bonchev–Trinajstić information content (AvgIpc) is 2.99. The first-order chi connectivity index (χ1) is 12.5. The number of hydrogen-bond donors (Lipinski definition) is 1. The summed E-state index contributed by atoms with van der Waals surface area (Å²) in [6.45, 7) is 3.71. The van der Waals surface area contributed by atoms with Crippen molar-refractivity contribution >= 4 is 12.1 Å². The summed E-state index contributed by atoms with van der Waals surface area (Å²) in [6, 6.07) is 16.0. The second kappa shape index (κ2) is 7.60. The zero-order valence-electron chi connectivity index (χ0n) is 15.2. The van der Waals surface area contributed by atoms with Crippen LogP contribution in [0.3, 0.4) is 0 Å². The highest BCUT2D eigenvalue weighted by atomic mass is 16.5. The number of carbonyl (C=O) groups excluding carboxylic acids is 2. The fourth-order valence-electron chi connectivity index (χ4n) is 3.34. The van der Waals surface area contributed by atoms with E-state index in [1.54, 1.807) is 13.8 Å². The van der Waals surface area contributed by atoms with E-state index in [1.165, 1.54) is 18.2 Å². The standard InChI is InChI=1S/C21H23NO4/c1-13(20(23)25-3)14(2)22-21(24)26-12-19-17-10-6-4-8-15(17)16-9-5-7-11-18(16)19/h4-11,13-14,19H,12H2,1-3H3,(H,22,24)/t13-,14-/m0/s1. The smallest absolute Gasteiger partial charge is 0.407 e. The van der Waals surface area contributed by atoms with Crippen molar-refractivity contribution in [3.05, 3.63) is 59.7 Å². The van der Waals surface area contributed by atoms with Gasteiger partial charge in [-0.25, -0.2) is 4.79 Å². The average molecular weight is 353 g/mol. The lowest BCUT2D eigenvalue weighted by Crippen LogP contribution is -2.41. The molecule has 2 aromatic carbocycles. The third kappa shape index (κ3) is 3.43. The van der Waals surface area contributed by atoms with Crippen molar-refractivity contribution < 1.29 is 19.1 Å². The molecule has 0 unspecified atom stereocenters. The molecule has 5 heteroatoms. The summed E-state index contributed by atoms with van der Waals surface area (Å²) in [6.07, 6.45) is -0.532. The summed E-state index contributed by atoms with van der Waals surface area (Å²) >= 11 is 0. The molecular weight excluding hydrogens is 330 g/mol. The highest BCUT2D eigenvalue weighted by Gasteiger charge is 2.29. The first-order valence-corrected chi connectivity index (χ1v) is 8.72. The van der Waals surface area contributed by atoms with Gasteiger partial charge >= 0.3 is 12.1 Å². The van der Waals surface area contributed by atoms with E-state index in [0.29, 0.717) is 0 Å². The van der Waals surface area contributed by atoms with Gasteiger partial charge in [0.1, 0.15) is 6.61 Å². The van der Waals surface area contributed by atoms with Crippen LogP contribution in [-0.2, 0) is 14.3 Å². The van der Waals surface area contributed by atoms with Crippen LogP contribution in [0.4, 0.5) is 4.79 Å². The molecule has 0 aromatic heterocycles. The van der Waals surface area contributed by atoms with Crippen molar-refractivity contribution in [2.24, 2.45) is 5.92 Å². The van der Waals surface area contributed by atoms with Crippen LogP contribution in [0.15, 0.2) is 48.5 Å². The third-order valence-corrected chi connectivity index (χ3v) is 5.01. The Bertz CT molecular complexity index is 772. The second-order valence-electron chi connectivity index (χ2n) is 6.57. The topological polar surface area (TPSA) is 64.6 Å². The zero-order valence-corrected chi connectivity index (χ0v) is 15.2. The van der Waals surface area contributed by atoms with Crippen LogP contribution in [0.1, 0.15) is 30.9 Å². The van der Waals surface area contributed by atoms with Crippen molar-refractivity contribution in [1.82, 2.24) is 5.32 Å². The van der Waals surface area contributed by atoms with Crippen molar-refractivity contribution in [2.45, 2.75) is 25.8 Å². The number of ether oxygens (including phenoxy) is 2. The fourth-order valence-corrected chi connectivity index (χ4v) is 3.34. The number of nitrogens with one attached hydrogen (secondary N) is 1. The van der Waals surface area contributed by atoms with Crippen molar-refractivity contribution in [3.63, 3.8) is 0 Å². The summed E-state index contributed by atoms with van der Waals surface area (Å²) in [5.41, 5.74) is 4.70. The lowest BCUT2D eigenvalue weighted by Gasteiger charge is -2.20. The Morgan fingerprint density at radius 3 is 2.08 bits per heavy atom. The van der Waals surface area contributed by atoms with Crippen molar-refractivity contribution in [1.29, 1.82) is 0 Å². The number of esters is 1. The quantitative estimate of drug-likeness (QED) is 0.832. The van der Waals surface area contributed by atoms with Gasteiger partial charge in [0.2, 0.25) is 0 Å². The number of alkyl carbamates (subject to hydrolysis) is 1. The molecule has 1 aliphatic carbocycles. The van der Waals surface area contributed by atoms with E-state index in [1.807, 2.05) is 24.3 Å². The molecule has 0 heterocycles. The van der Waals surface area contributed by atoms with Crippen LogP contribution in [0.5, 0.6) is 0 Å². The molecular formula is C21H23NO4. The molecule has 1 amide bonds. The third-order valence-electron chi connectivity index (χ3n) is 5.01. The van der Waals surface area contributed by atoms with E-state index in [0.717, 1.165) is 11.1 Å². The molecule has 1 aliphatic rings. The molecule has 0 spiro atoms. The Hall–Kier alpha value is -2.82. The van der Waals surface area contributed by atoms with Gasteiger partial charge in [0.25, 0.3) is 0 Å². The van der Waals surface area contributed by atoms with E-state index in [2.05, 4.69) is 29.6 Å². The van der Waals surface area contributed by atoms with Crippen LogP contribution in [0.25, 0.3) is 11.1 Å². The summed E-state index contributed by atoms with van der Waals surface area (Å²) in [5.74, 6) is -0.793. The minimum atomic E-state index is -0.532. The molecule has 0 fully saturated rings. The number of methoxy groups -OCH3 is 1. The number of hydrogen-bond acceptors (Lipinski definition) is 4. The Kier molecular flexibility index (Phi) is 5.26. The summed E-state index contributed by atoms with van der Waals surface area (Å²) in [5, 5.41) is 2.70. The number of fused-ring (bicyclic) bond motifs is 3. The minimum absolute atomic E-state index is 0.0153. The molecule has 3 rings (SSSR count). The van der Waals surface area contributed by atoms with Gasteiger partial charge < -0.3 is 14.8 Å². The summed E-state index contributed by atoms with van der Waals surface area (Å²) in [7, 11) is 1.33. The maximum atomic E-state index is 12.2. The van der Waals surface area contributed by atoms with E-state index < -0.39 is 12.0 Å². The van der Waals surface area contributed by atoms with Crippen LogP contribution < -0.4 is 5.32 Å². The monoisotopic (exact) mass is 353 g/mol. The largest absolute Gasteiger partial charge is 0.469 e. The maximum Gasteiger partial charge on any atom is 0.407 e. The Balaban J connectivity index is 1.67. The second-order valence-corrected chi connectivity index (χ2v) is 6.57. The summed E-state index contributed by atoms with van der Waals surface area (Å²) in [4.78, 5) is 23.7. The molecule has 1 N–H and O–H groups in total. The number of benzene rings is 2. The SMILES string of the molecule is COC(=O)[C@@H](C)[C@H](C)NC(=O)OCC1c2ccccc2-c2ccccc21. The van der Waals surface area contributed by atoms with Gasteiger partial charge in [-0.15, -0.1) is 0 Å². The minimum Gasteiger partial charge on any atom is -0.469 e.